The van der Waals surface area contributed by atoms with E-state index in [4.69, 9.17) is 16.3 Å². The van der Waals surface area contributed by atoms with Crippen LogP contribution in [0.25, 0.3) is 0 Å². The summed E-state index contributed by atoms with van der Waals surface area (Å²) in [5.74, 6) is 0.511. The largest absolute Gasteiger partial charge is 0.493 e. The van der Waals surface area contributed by atoms with Crippen molar-refractivity contribution in [3.63, 3.8) is 0 Å². The lowest BCUT2D eigenvalue weighted by Crippen LogP contribution is -2.04. The molecule has 0 N–H and O–H groups in total. The minimum atomic E-state index is -0.442. The number of ether oxygens (including phenoxy) is 1. The summed E-state index contributed by atoms with van der Waals surface area (Å²) in [6.45, 7) is 4.65. The van der Waals surface area contributed by atoms with Gasteiger partial charge in [-0.2, -0.15) is 0 Å². The molecular weight excluding hydrogens is 191 g/mol. The zero-order valence-corrected chi connectivity index (χ0v) is 8.44. The van der Waals surface area contributed by atoms with Gasteiger partial charge in [-0.3, -0.25) is 0 Å². The SMILES string of the molecule is CC(C)COc1ccc(Cl)c(F)c1. The molecule has 0 unspecified atom stereocenters. The van der Waals surface area contributed by atoms with Crippen molar-refractivity contribution < 1.29 is 9.13 Å². The van der Waals surface area contributed by atoms with E-state index in [0.717, 1.165) is 0 Å². The number of hydrogen-bond donors (Lipinski definition) is 0. The third-order valence-electron chi connectivity index (χ3n) is 1.47. The van der Waals surface area contributed by atoms with Gasteiger partial charge in [0.2, 0.25) is 0 Å². The molecule has 0 saturated heterocycles. The summed E-state index contributed by atoms with van der Waals surface area (Å²) in [7, 11) is 0. The van der Waals surface area contributed by atoms with Crippen molar-refractivity contribution in [2.75, 3.05) is 6.61 Å². The van der Waals surface area contributed by atoms with Crippen LogP contribution < -0.4 is 4.74 Å². The molecule has 3 heteroatoms. The smallest absolute Gasteiger partial charge is 0.145 e. The van der Waals surface area contributed by atoms with Crippen molar-refractivity contribution in [3.8, 4) is 5.75 Å². The molecule has 0 aliphatic rings. The zero-order valence-electron chi connectivity index (χ0n) is 7.68. The topological polar surface area (TPSA) is 9.23 Å². The van der Waals surface area contributed by atoms with E-state index in [1.54, 1.807) is 6.07 Å². The molecule has 0 aromatic heterocycles. The van der Waals surface area contributed by atoms with Gasteiger partial charge in [-0.15, -0.1) is 0 Å². The highest BCUT2D eigenvalue weighted by Gasteiger charge is 2.02. The first kappa shape index (κ1) is 10.3. The van der Waals surface area contributed by atoms with E-state index in [1.165, 1.54) is 12.1 Å². The molecule has 0 bridgehead atoms. The Bertz CT molecular complexity index is 286. The number of benzene rings is 1. The van der Waals surface area contributed by atoms with Crippen LogP contribution in [0.15, 0.2) is 18.2 Å². The molecule has 0 amide bonds. The van der Waals surface area contributed by atoms with Crippen LogP contribution in [0.4, 0.5) is 4.39 Å². The van der Waals surface area contributed by atoms with Gasteiger partial charge in [-0.1, -0.05) is 25.4 Å². The fourth-order valence-electron chi connectivity index (χ4n) is 0.830. The summed E-state index contributed by atoms with van der Waals surface area (Å²) in [4.78, 5) is 0. The van der Waals surface area contributed by atoms with E-state index in [0.29, 0.717) is 18.3 Å². The van der Waals surface area contributed by atoms with Gasteiger partial charge in [0.1, 0.15) is 11.6 Å². The van der Waals surface area contributed by atoms with Crippen LogP contribution in [-0.2, 0) is 0 Å². The number of rotatable bonds is 3. The average molecular weight is 203 g/mol. The predicted molar refractivity (Wildman–Crippen MR) is 51.7 cm³/mol. The standard InChI is InChI=1S/C10H12ClFO/c1-7(2)6-13-8-3-4-9(11)10(12)5-8/h3-5,7H,6H2,1-2H3. The molecule has 72 valence electrons. The Kier molecular flexibility index (Phi) is 3.55. The molecule has 0 aliphatic carbocycles. The fraction of sp³-hybridized carbons (Fsp3) is 0.400. The van der Waals surface area contributed by atoms with Gasteiger partial charge in [-0.25, -0.2) is 4.39 Å². The van der Waals surface area contributed by atoms with E-state index in [1.807, 2.05) is 13.8 Å². The van der Waals surface area contributed by atoms with Gasteiger partial charge in [0.25, 0.3) is 0 Å². The lowest BCUT2D eigenvalue weighted by Gasteiger charge is -2.08. The van der Waals surface area contributed by atoms with Gasteiger partial charge in [0.15, 0.2) is 0 Å². The summed E-state index contributed by atoms with van der Waals surface area (Å²) in [6.07, 6.45) is 0. The van der Waals surface area contributed by atoms with Crippen molar-refractivity contribution >= 4 is 11.6 Å². The van der Waals surface area contributed by atoms with E-state index >= 15 is 0 Å². The van der Waals surface area contributed by atoms with Crippen molar-refractivity contribution in [1.82, 2.24) is 0 Å². The summed E-state index contributed by atoms with van der Waals surface area (Å²) >= 11 is 5.51. The molecule has 1 nitrogen and oxygen atoms in total. The van der Waals surface area contributed by atoms with Crippen molar-refractivity contribution in [2.24, 2.45) is 5.92 Å². The van der Waals surface area contributed by atoms with Gasteiger partial charge < -0.3 is 4.74 Å². The first-order chi connectivity index (χ1) is 6.09. The lowest BCUT2D eigenvalue weighted by molar-refractivity contribution is 0.270. The molecule has 0 fully saturated rings. The highest BCUT2D eigenvalue weighted by Crippen LogP contribution is 2.20. The summed E-state index contributed by atoms with van der Waals surface area (Å²) < 4.78 is 18.2. The molecule has 0 spiro atoms. The maximum absolute atomic E-state index is 12.9. The second kappa shape index (κ2) is 4.47. The van der Waals surface area contributed by atoms with Crippen LogP contribution in [0.3, 0.4) is 0 Å². The van der Waals surface area contributed by atoms with Crippen LogP contribution in [0.2, 0.25) is 5.02 Å². The number of hydrogen-bond acceptors (Lipinski definition) is 1. The zero-order chi connectivity index (χ0) is 9.84. The molecular formula is C10H12ClFO. The average Bonchev–Trinajstić information content (AvgIpc) is 2.07. The summed E-state index contributed by atoms with van der Waals surface area (Å²) in [5, 5.41) is 0.122. The van der Waals surface area contributed by atoms with E-state index in [-0.39, 0.29) is 5.02 Å². The van der Waals surface area contributed by atoms with Gasteiger partial charge in [0, 0.05) is 6.07 Å². The van der Waals surface area contributed by atoms with Crippen LogP contribution in [-0.4, -0.2) is 6.61 Å². The van der Waals surface area contributed by atoms with Crippen LogP contribution in [0.5, 0.6) is 5.75 Å². The normalized spacial score (nSPS) is 10.5. The minimum Gasteiger partial charge on any atom is -0.493 e. The first-order valence-corrected chi connectivity index (χ1v) is 4.55. The van der Waals surface area contributed by atoms with E-state index < -0.39 is 5.82 Å². The Morgan fingerprint density at radius 1 is 1.46 bits per heavy atom. The molecule has 1 aromatic rings. The first-order valence-electron chi connectivity index (χ1n) is 4.17. The Balaban J connectivity index is 2.63. The minimum absolute atomic E-state index is 0.122. The molecule has 0 heterocycles. The highest BCUT2D eigenvalue weighted by atomic mass is 35.5. The highest BCUT2D eigenvalue weighted by molar-refractivity contribution is 6.30. The summed E-state index contributed by atoms with van der Waals surface area (Å²) in [5.41, 5.74) is 0. The molecule has 0 aliphatic heterocycles. The van der Waals surface area contributed by atoms with Crippen molar-refractivity contribution in [1.29, 1.82) is 0 Å². The molecule has 1 aromatic carbocycles. The third-order valence-corrected chi connectivity index (χ3v) is 1.78. The van der Waals surface area contributed by atoms with E-state index in [2.05, 4.69) is 0 Å². The Hall–Kier alpha value is -0.760. The Morgan fingerprint density at radius 2 is 2.15 bits per heavy atom. The van der Waals surface area contributed by atoms with Crippen LogP contribution >= 0.6 is 11.6 Å². The van der Waals surface area contributed by atoms with E-state index in [9.17, 15) is 4.39 Å². The van der Waals surface area contributed by atoms with Crippen LogP contribution in [0.1, 0.15) is 13.8 Å². The quantitative estimate of drug-likeness (QED) is 0.729. The summed E-state index contributed by atoms with van der Waals surface area (Å²) in [6, 6.07) is 4.45. The predicted octanol–water partition coefficient (Wildman–Crippen LogP) is 3.51. The second-order valence-electron chi connectivity index (χ2n) is 3.28. The third kappa shape index (κ3) is 3.23. The molecule has 0 saturated carbocycles. The van der Waals surface area contributed by atoms with Gasteiger partial charge in [-0.05, 0) is 18.1 Å². The van der Waals surface area contributed by atoms with Crippen LogP contribution in [0, 0.1) is 11.7 Å². The van der Waals surface area contributed by atoms with Gasteiger partial charge >= 0.3 is 0 Å². The fourth-order valence-corrected chi connectivity index (χ4v) is 0.947. The maximum Gasteiger partial charge on any atom is 0.145 e. The maximum atomic E-state index is 12.9. The van der Waals surface area contributed by atoms with Crippen molar-refractivity contribution in [2.45, 2.75) is 13.8 Å². The number of halogens is 2. The van der Waals surface area contributed by atoms with Crippen molar-refractivity contribution in [3.05, 3.63) is 29.0 Å². The second-order valence-corrected chi connectivity index (χ2v) is 3.69. The monoisotopic (exact) mass is 202 g/mol. The lowest BCUT2D eigenvalue weighted by atomic mass is 10.2. The molecule has 13 heavy (non-hydrogen) atoms. The molecule has 1 rings (SSSR count). The molecule has 0 atom stereocenters. The Labute approximate surface area is 82.5 Å². The Morgan fingerprint density at radius 3 is 2.69 bits per heavy atom. The van der Waals surface area contributed by atoms with Gasteiger partial charge in [0.05, 0.1) is 11.6 Å². The molecule has 0 radical (unpaired) electrons.